The van der Waals surface area contributed by atoms with E-state index in [1.54, 1.807) is 50.8 Å². The SMILES string of the molecule is CCOC(=O)Cc1c(C(=O)O)c(C)c(C(=O)c2cccn2C)n1C. The molecule has 2 aromatic rings. The number of carbonyl (C=O) groups is 3. The summed E-state index contributed by atoms with van der Waals surface area (Å²) >= 11 is 0. The van der Waals surface area contributed by atoms with E-state index in [4.69, 9.17) is 4.74 Å². The lowest BCUT2D eigenvalue weighted by Crippen LogP contribution is -2.16. The third kappa shape index (κ3) is 2.97. The van der Waals surface area contributed by atoms with Crippen LogP contribution >= 0.6 is 0 Å². The van der Waals surface area contributed by atoms with E-state index in [1.165, 1.54) is 4.57 Å². The van der Waals surface area contributed by atoms with Gasteiger partial charge < -0.3 is 19.0 Å². The van der Waals surface area contributed by atoms with Gasteiger partial charge in [0.1, 0.15) is 0 Å². The number of rotatable bonds is 6. The Morgan fingerprint density at radius 2 is 1.92 bits per heavy atom. The zero-order chi connectivity index (χ0) is 18.0. The van der Waals surface area contributed by atoms with Crippen LogP contribution in [0.3, 0.4) is 0 Å². The summed E-state index contributed by atoms with van der Waals surface area (Å²) in [6, 6.07) is 3.41. The van der Waals surface area contributed by atoms with E-state index in [0.717, 1.165) is 0 Å². The minimum atomic E-state index is -1.17. The van der Waals surface area contributed by atoms with Gasteiger partial charge in [-0.3, -0.25) is 9.59 Å². The Hall–Kier alpha value is -2.83. The lowest BCUT2D eigenvalue weighted by Gasteiger charge is -2.08. The number of aromatic carboxylic acids is 1. The molecule has 0 aliphatic heterocycles. The van der Waals surface area contributed by atoms with E-state index < -0.39 is 11.9 Å². The Morgan fingerprint density at radius 1 is 1.25 bits per heavy atom. The van der Waals surface area contributed by atoms with Crippen molar-refractivity contribution in [3.05, 3.63) is 46.5 Å². The predicted molar refractivity (Wildman–Crippen MR) is 86.3 cm³/mol. The molecule has 0 fully saturated rings. The van der Waals surface area contributed by atoms with Crippen molar-refractivity contribution in [2.45, 2.75) is 20.3 Å². The molecule has 0 saturated heterocycles. The van der Waals surface area contributed by atoms with Crippen LogP contribution in [0.15, 0.2) is 18.3 Å². The van der Waals surface area contributed by atoms with Gasteiger partial charge in [-0.1, -0.05) is 0 Å². The van der Waals surface area contributed by atoms with Crippen molar-refractivity contribution in [2.24, 2.45) is 14.1 Å². The second-order valence-corrected chi connectivity index (χ2v) is 5.47. The van der Waals surface area contributed by atoms with Gasteiger partial charge in [0, 0.05) is 26.0 Å². The Kier molecular flexibility index (Phi) is 4.92. The first-order valence-corrected chi connectivity index (χ1v) is 7.52. The number of hydrogen-bond acceptors (Lipinski definition) is 4. The summed E-state index contributed by atoms with van der Waals surface area (Å²) < 4.78 is 8.05. The van der Waals surface area contributed by atoms with Gasteiger partial charge in [0.2, 0.25) is 5.78 Å². The normalized spacial score (nSPS) is 10.7. The molecule has 0 aliphatic rings. The third-order valence-corrected chi connectivity index (χ3v) is 3.98. The molecule has 7 nitrogen and oxygen atoms in total. The highest BCUT2D eigenvalue weighted by Crippen LogP contribution is 2.25. The van der Waals surface area contributed by atoms with E-state index in [2.05, 4.69) is 0 Å². The van der Waals surface area contributed by atoms with Crippen molar-refractivity contribution in [1.82, 2.24) is 9.13 Å². The van der Waals surface area contributed by atoms with Crippen molar-refractivity contribution in [1.29, 1.82) is 0 Å². The van der Waals surface area contributed by atoms with Gasteiger partial charge in [-0.25, -0.2) is 4.79 Å². The number of hydrogen-bond donors (Lipinski definition) is 1. The van der Waals surface area contributed by atoms with Gasteiger partial charge in [-0.2, -0.15) is 0 Å². The lowest BCUT2D eigenvalue weighted by atomic mass is 10.1. The largest absolute Gasteiger partial charge is 0.478 e. The van der Waals surface area contributed by atoms with E-state index in [-0.39, 0.29) is 35.8 Å². The zero-order valence-corrected chi connectivity index (χ0v) is 14.1. The molecule has 2 aromatic heterocycles. The molecule has 0 spiro atoms. The van der Waals surface area contributed by atoms with Crippen LogP contribution < -0.4 is 0 Å². The number of ketones is 1. The first kappa shape index (κ1) is 17.5. The van der Waals surface area contributed by atoms with Crippen LogP contribution in [0.2, 0.25) is 0 Å². The lowest BCUT2D eigenvalue weighted by molar-refractivity contribution is -0.142. The number of nitrogens with zero attached hydrogens (tertiary/aromatic N) is 2. The zero-order valence-electron chi connectivity index (χ0n) is 14.1. The smallest absolute Gasteiger partial charge is 0.337 e. The highest BCUT2D eigenvalue weighted by molar-refractivity contribution is 6.10. The number of carbonyl (C=O) groups excluding carboxylic acids is 2. The summed E-state index contributed by atoms with van der Waals surface area (Å²) in [6.45, 7) is 3.46. The predicted octanol–water partition coefficient (Wildman–Crippen LogP) is 1.71. The number of ether oxygens (including phenoxy) is 1. The van der Waals surface area contributed by atoms with E-state index in [9.17, 15) is 19.5 Å². The minimum absolute atomic E-state index is 0.0249. The molecule has 7 heteroatoms. The molecule has 128 valence electrons. The topological polar surface area (TPSA) is 90.5 Å². The number of esters is 1. The summed E-state index contributed by atoms with van der Waals surface area (Å²) in [5.74, 6) is -1.99. The fourth-order valence-electron chi connectivity index (χ4n) is 2.87. The van der Waals surface area contributed by atoms with Crippen LogP contribution in [0.1, 0.15) is 44.7 Å². The Bertz CT molecular complexity index is 813. The summed E-state index contributed by atoms with van der Waals surface area (Å²) in [5.41, 5.74) is 1.28. The molecule has 0 radical (unpaired) electrons. The molecular formula is C17H20N2O5. The van der Waals surface area contributed by atoms with E-state index >= 15 is 0 Å². The van der Waals surface area contributed by atoms with Gasteiger partial charge in [0.05, 0.1) is 30.0 Å². The first-order valence-electron chi connectivity index (χ1n) is 7.52. The molecule has 2 heterocycles. The number of aromatic nitrogens is 2. The summed E-state index contributed by atoms with van der Waals surface area (Å²) in [4.78, 5) is 36.3. The maximum absolute atomic E-state index is 12.8. The third-order valence-electron chi connectivity index (χ3n) is 3.98. The van der Waals surface area contributed by atoms with Gasteiger partial charge >= 0.3 is 11.9 Å². The van der Waals surface area contributed by atoms with Gasteiger partial charge in [-0.05, 0) is 31.5 Å². The summed E-state index contributed by atoms with van der Waals surface area (Å²) in [7, 11) is 3.33. The fraction of sp³-hybridized carbons (Fsp3) is 0.353. The Labute approximate surface area is 139 Å². The first-order chi connectivity index (χ1) is 11.3. The fourth-order valence-corrected chi connectivity index (χ4v) is 2.87. The van der Waals surface area contributed by atoms with Crippen LogP contribution in [-0.4, -0.2) is 38.6 Å². The van der Waals surface area contributed by atoms with Gasteiger partial charge in [0.15, 0.2) is 0 Å². The van der Waals surface area contributed by atoms with Crippen molar-refractivity contribution in [3.63, 3.8) is 0 Å². The molecular weight excluding hydrogens is 312 g/mol. The standard InChI is InChI=1S/C17H20N2O5/c1-5-24-13(20)9-12-14(17(22)23)10(2)15(19(12)4)16(21)11-7-6-8-18(11)3/h6-8H,5,9H2,1-4H3,(H,22,23). The Morgan fingerprint density at radius 3 is 2.42 bits per heavy atom. The average Bonchev–Trinajstić information content (AvgIpc) is 3.01. The maximum Gasteiger partial charge on any atom is 0.337 e. The number of aryl methyl sites for hydroxylation is 1. The molecule has 2 rings (SSSR count). The van der Waals surface area contributed by atoms with E-state index in [0.29, 0.717) is 11.3 Å². The quantitative estimate of drug-likeness (QED) is 0.642. The minimum Gasteiger partial charge on any atom is -0.478 e. The molecule has 0 aromatic carbocycles. The molecule has 0 saturated carbocycles. The van der Waals surface area contributed by atoms with Crippen molar-refractivity contribution < 1.29 is 24.2 Å². The van der Waals surface area contributed by atoms with E-state index in [1.807, 2.05) is 0 Å². The highest BCUT2D eigenvalue weighted by atomic mass is 16.5. The number of carboxylic acids is 1. The molecule has 0 aliphatic carbocycles. The molecule has 1 N–H and O–H groups in total. The molecule has 0 bridgehead atoms. The monoisotopic (exact) mass is 332 g/mol. The number of carboxylic acid groups (broad SMARTS) is 1. The van der Waals surface area contributed by atoms with Gasteiger partial charge in [-0.15, -0.1) is 0 Å². The summed E-state index contributed by atoms with van der Waals surface area (Å²) in [5, 5.41) is 9.51. The van der Waals surface area contributed by atoms with Crippen LogP contribution in [0.25, 0.3) is 0 Å². The second-order valence-electron chi connectivity index (χ2n) is 5.47. The molecule has 0 unspecified atom stereocenters. The van der Waals surface area contributed by atoms with Gasteiger partial charge in [0.25, 0.3) is 0 Å². The maximum atomic E-state index is 12.8. The second kappa shape index (κ2) is 6.74. The van der Waals surface area contributed by atoms with Crippen LogP contribution in [0.4, 0.5) is 0 Å². The Balaban J connectivity index is 2.58. The van der Waals surface area contributed by atoms with Crippen LogP contribution in [0.5, 0.6) is 0 Å². The van der Waals surface area contributed by atoms with Crippen molar-refractivity contribution >= 4 is 17.7 Å². The van der Waals surface area contributed by atoms with Crippen molar-refractivity contribution in [2.75, 3.05) is 6.61 Å². The molecule has 24 heavy (non-hydrogen) atoms. The average molecular weight is 332 g/mol. The molecule has 0 amide bonds. The summed E-state index contributed by atoms with van der Waals surface area (Å²) in [6.07, 6.45) is 1.54. The van der Waals surface area contributed by atoms with Crippen molar-refractivity contribution in [3.8, 4) is 0 Å². The molecule has 0 atom stereocenters. The van der Waals surface area contributed by atoms with Crippen LogP contribution in [-0.2, 0) is 30.0 Å². The van der Waals surface area contributed by atoms with Crippen LogP contribution in [0, 0.1) is 6.92 Å². The highest BCUT2D eigenvalue weighted by Gasteiger charge is 2.29.